The molecular weight excluding hydrogens is 675 g/mol. The van der Waals surface area contributed by atoms with Gasteiger partial charge < -0.3 is 31.1 Å². The molecular formula is C37H37N5O8S. The molecule has 0 unspecified atom stereocenters. The van der Waals surface area contributed by atoms with Crippen molar-refractivity contribution in [3.63, 3.8) is 0 Å². The summed E-state index contributed by atoms with van der Waals surface area (Å²) >= 11 is 1.40. The number of aryl methyl sites for hydroxylation is 1. The Labute approximate surface area is 297 Å². The van der Waals surface area contributed by atoms with E-state index in [1.165, 1.54) is 23.5 Å². The zero-order valence-electron chi connectivity index (χ0n) is 27.5. The molecule has 2 aliphatic rings. The summed E-state index contributed by atoms with van der Waals surface area (Å²) in [5.74, 6) is -3.57. The lowest BCUT2D eigenvalue weighted by atomic mass is 10.0. The van der Waals surface area contributed by atoms with Crippen LogP contribution in [0.3, 0.4) is 0 Å². The van der Waals surface area contributed by atoms with E-state index in [1.54, 1.807) is 36.4 Å². The number of carboxylic acid groups (broad SMARTS) is 1. The molecule has 3 aromatic carbocycles. The van der Waals surface area contributed by atoms with E-state index in [9.17, 15) is 34.0 Å². The predicted molar refractivity (Wildman–Crippen MR) is 189 cm³/mol. The average molecular weight is 712 g/mol. The molecule has 5 N–H and O–H groups in total. The van der Waals surface area contributed by atoms with Gasteiger partial charge in [-0.1, -0.05) is 60.7 Å². The second kappa shape index (κ2) is 17.7. The van der Waals surface area contributed by atoms with Gasteiger partial charge in [0.25, 0.3) is 5.91 Å². The number of rotatable bonds is 9. The summed E-state index contributed by atoms with van der Waals surface area (Å²) in [5.41, 5.74) is 2.24. The summed E-state index contributed by atoms with van der Waals surface area (Å²) in [6.07, 6.45) is 0.534. The van der Waals surface area contributed by atoms with Gasteiger partial charge in [-0.2, -0.15) is 0 Å². The van der Waals surface area contributed by atoms with Gasteiger partial charge in [0.1, 0.15) is 35.6 Å². The molecule has 13 nitrogen and oxygen atoms in total. The summed E-state index contributed by atoms with van der Waals surface area (Å²) in [7, 11) is 0. The number of fused-ring (bicyclic) bond motifs is 16. The number of hydrogen-bond acceptors (Lipinski definition) is 9. The Bertz CT molecular complexity index is 1820. The molecule has 4 aromatic rings. The van der Waals surface area contributed by atoms with E-state index in [2.05, 4.69) is 26.4 Å². The SMILES string of the molecule is O=Nc1ccc(C[C@@H]2NC(=O)[C@@H](Cc3cccs3)NC(=O)COc3ccc(cc3)C[C@@H](C(=O)O)NC(=O)[C@@H](CCc3ccccc3)NC2=O)cc1. The smallest absolute Gasteiger partial charge is 0.326 e. The van der Waals surface area contributed by atoms with E-state index in [1.807, 2.05) is 47.8 Å². The Hall–Kier alpha value is -5.89. The first-order valence-corrected chi connectivity index (χ1v) is 17.2. The van der Waals surface area contributed by atoms with Crippen LogP contribution >= 0.6 is 11.3 Å². The molecule has 0 saturated heterocycles. The van der Waals surface area contributed by atoms with Crippen molar-refractivity contribution in [1.82, 2.24) is 21.3 Å². The third-order valence-corrected chi connectivity index (χ3v) is 9.20. The third kappa shape index (κ3) is 10.8. The minimum atomic E-state index is -1.33. The zero-order valence-corrected chi connectivity index (χ0v) is 28.3. The van der Waals surface area contributed by atoms with Gasteiger partial charge in [0.15, 0.2) is 6.61 Å². The lowest BCUT2D eigenvalue weighted by Gasteiger charge is -2.26. The molecule has 264 valence electrons. The second-order valence-electron chi connectivity index (χ2n) is 12.0. The summed E-state index contributed by atoms with van der Waals surface area (Å²) in [4.78, 5) is 78.9. The molecule has 3 heterocycles. The number of nitrogens with one attached hydrogen (secondary N) is 4. The van der Waals surface area contributed by atoms with Crippen LogP contribution in [0.1, 0.15) is 28.0 Å². The van der Waals surface area contributed by atoms with Gasteiger partial charge in [-0.15, -0.1) is 16.2 Å². The molecule has 4 amide bonds. The monoisotopic (exact) mass is 711 g/mol. The number of nitrogens with zero attached hydrogens (tertiary/aromatic N) is 1. The summed E-state index contributed by atoms with van der Waals surface area (Å²) in [5, 5.41) is 25.6. The highest BCUT2D eigenvalue weighted by molar-refractivity contribution is 7.09. The fraction of sp³-hybridized carbons (Fsp3) is 0.270. The van der Waals surface area contributed by atoms with E-state index in [0.29, 0.717) is 23.3 Å². The summed E-state index contributed by atoms with van der Waals surface area (Å²) in [6, 6.07) is 20.7. The second-order valence-corrected chi connectivity index (χ2v) is 13.1. The first-order valence-electron chi connectivity index (χ1n) is 16.3. The van der Waals surface area contributed by atoms with Gasteiger partial charge in [-0.25, -0.2) is 4.79 Å². The van der Waals surface area contributed by atoms with Gasteiger partial charge in [0.05, 0.1) is 0 Å². The number of ether oxygens (including phenoxy) is 1. The molecule has 2 aliphatic heterocycles. The van der Waals surface area contributed by atoms with E-state index in [-0.39, 0.29) is 31.4 Å². The van der Waals surface area contributed by atoms with Crippen LogP contribution in [-0.4, -0.2) is 65.5 Å². The maximum atomic E-state index is 14.1. The lowest BCUT2D eigenvalue weighted by molar-refractivity contribution is -0.142. The number of thiophene rings is 1. The van der Waals surface area contributed by atoms with Gasteiger partial charge in [0, 0.05) is 24.1 Å². The topological polar surface area (TPSA) is 192 Å². The van der Waals surface area contributed by atoms with Gasteiger partial charge in [0.2, 0.25) is 17.7 Å². The van der Waals surface area contributed by atoms with Crippen molar-refractivity contribution in [2.24, 2.45) is 5.18 Å². The van der Waals surface area contributed by atoms with Crippen molar-refractivity contribution >= 4 is 46.6 Å². The Balaban J connectivity index is 1.49. The molecule has 0 saturated carbocycles. The van der Waals surface area contributed by atoms with Crippen LogP contribution in [-0.2, 0) is 49.7 Å². The highest BCUT2D eigenvalue weighted by atomic mass is 32.1. The number of benzene rings is 3. The average Bonchev–Trinajstić information content (AvgIpc) is 3.65. The van der Waals surface area contributed by atoms with E-state index in [4.69, 9.17) is 4.74 Å². The van der Waals surface area contributed by atoms with Crippen molar-refractivity contribution in [2.75, 3.05) is 6.61 Å². The highest BCUT2D eigenvalue weighted by Crippen LogP contribution is 2.17. The minimum Gasteiger partial charge on any atom is -0.484 e. The number of hydrogen-bond donors (Lipinski definition) is 5. The number of amides is 4. The number of aliphatic carboxylic acids is 1. The van der Waals surface area contributed by atoms with Crippen LogP contribution in [0.4, 0.5) is 5.69 Å². The number of carbonyl (C=O) groups excluding carboxylic acids is 4. The van der Waals surface area contributed by atoms with E-state index >= 15 is 0 Å². The highest BCUT2D eigenvalue weighted by Gasteiger charge is 2.32. The molecule has 0 radical (unpaired) electrons. The fourth-order valence-electron chi connectivity index (χ4n) is 5.56. The molecule has 2 bridgehead atoms. The van der Waals surface area contributed by atoms with Crippen molar-refractivity contribution in [2.45, 2.75) is 56.3 Å². The van der Waals surface area contributed by atoms with Crippen molar-refractivity contribution < 1.29 is 33.8 Å². The molecule has 4 atom stereocenters. The first-order chi connectivity index (χ1) is 24.7. The fourth-order valence-corrected chi connectivity index (χ4v) is 6.31. The Kier molecular flexibility index (Phi) is 12.6. The lowest BCUT2D eigenvalue weighted by Crippen LogP contribution is -2.58. The number of carboxylic acids is 1. The maximum absolute atomic E-state index is 14.1. The van der Waals surface area contributed by atoms with Crippen molar-refractivity contribution in [3.8, 4) is 5.75 Å². The van der Waals surface area contributed by atoms with Crippen LogP contribution < -0.4 is 26.0 Å². The van der Waals surface area contributed by atoms with Crippen molar-refractivity contribution in [1.29, 1.82) is 0 Å². The molecule has 1 aromatic heterocycles. The largest absolute Gasteiger partial charge is 0.484 e. The molecule has 0 aliphatic carbocycles. The van der Waals surface area contributed by atoms with Gasteiger partial charge >= 0.3 is 5.97 Å². The van der Waals surface area contributed by atoms with Crippen LogP contribution in [0.25, 0.3) is 0 Å². The first kappa shape index (κ1) is 36.4. The summed E-state index contributed by atoms with van der Waals surface area (Å²) < 4.78 is 5.64. The number of nitroso groups, excluding NO2 is 1. The zero-order chi connectivity index (χ0) is 36.2. The Morgan fingerprint density at radius 2 is 1.41 bits per heavy atom. The maximum Gasteiger partial charge on any atom is 0.326 e. The number of carbonyl (C=O) groups is 5. The minimum absolute atomic E-state index is 0.0434. The van der Waals surface area contributed by atoms with E-state index < -0.39 is 60.4 Å². The molecule has 0 fully saturated rings. The third-order valence-electron chi connectivity index (χ3n) is 8.30. The normalized spacial score (nSPS) is 20.3. The standard InChI is InChI=1S/C37H37N5O8S/c43-33-22-50-27-15-10-25(11-16-27)20-32(37(47)48)41-34(44)29(17-12-23-5-2-1-3-6-23)39-35(45)30(19-24-8-13-26(42-49)14-9-24)40-36(46)31(38-33)21-28-7-4-18-51-28/h1-11,13-16,18,29-32H,12,17,19-22H2,(H,38,43)(H,39,45)(H,40,46)(H,41,44)(H,47,48)/t29-,30+,31-,32+/m1/s1. The predicted octanol–water partition coefficient (Wildman–Crippen LogP) is 3.22. The van der Waals surface area contributed by atoms with Crippen molar-refractivity contribution in [3.05, 3.63) is 123 Å². The quantitative estimate of drug-likeness (QED) is 0.129. The van der Waals surface area contributed by atoms with Gasteiger partial charge in [-0.3, -0.25) is 19.2 Å². The molecule has 0 spiro atoms. The van der Waals surface area contributed by atoms with Crippen LogP contribution in [0, 0.1) is 4.91 Å². The van der Waals surface area contributed by atoms with Crippen LogP contribution in [0.5, 0.6) is 5.75 Å². The molecule has 14 heteroatoms. The Morgan fingerprint density at radius 3 is 2.06 bits per heavy atom. The van der Waals surface area contributed by atoms with Crippen LogP contribution in [0.2, 0.25) is 0 Å². The van der Waals surface area contributed by atoms with Gasteiger partial charge in [-0.05, 0) is 70.4 Å². The van der Waals surface area contributed by atoms with E-state index in [0.717, 1.165) is 10.4 Å². The summed E-state index contributed by atoms with van der Waals surface area (Å²) in [6.45, 7) is -0.411. The molecule has 6 rings (SSSR count). The Morgan fingerprint density at radius 1 is 0.745 bits per heavy atom. The molecule has 51 heavy (non-hydrogen) atoms. The van der Waals surface area contributed by atoms with Crippen LogP contribution in [0.15, 0.2) is 102 Å².